The molecule has 3 rings (SSSR count). The molecule has 0 radical (unpaired) electrons. The first-order valence-electron chi connectivity index (χ1n) is 8.07. The lowest BCUT2D eigenvalue weighted by atomic mass is 9.90. The van der Waals surface area contributed by atoms with E-state index < -0.39 is 10.0 Å². The summed E-state index contributed by atoms with van der Waals surface area (Å²) < 4.78 is 38.5. The van der Waals surface area contributed by atoms with Gasteiger partial charge in [0.15, 0.2) is 0 Å². The van der Waals surface area contributed by atoms with Crippen LogP contribution in [0.4, 0.5) is 4.39 Å². The number of benzene rings is 1. The molecule has 1 aliphatic heterocycles. The highest BCUT2D eigenvalue weighted by Crippen LogP contribution is 2.29. The summed E-state index contributed by atoms with van der Waals surface area (Å²) in [5, 5.41) is 0. The van der Waals surface area contributed by atoms with Crippen molar-refractivity contribution in [3.8, 4) is 0 Å². The molecule has 1 saturated heterocycles. The van der Waals surface area contributed by atoms with Gasteiger partial charge >= 0.3 is 0 Å². The van der Waals surface area contributed by atoms with Crippen LogP contribution in [-0.4, -0.2) is 37.1 Å². The van der Waals surface area contributed by atoms with Crippen molar-refractivity contribution in [3.05, 3.63) is 65.2 Å². The van der Waals surface area contributed by atoms with Crippen LogP contribution in [0.25, 0.3) is 0 Å². The van der Waals surface area contributed by atoms with E-state index in [9.17, 15) is 12.8 Å². The molecule has 0 atom stereocenters. The first kappa shape index (κ1) is 17.0. The van der Waals surface area contributed by atoms with Gasteiger partial charge in [-0.3, -0.25) is 4.98 Å². The molecule has 1 aromatic carbocycles. The van der Waals surface area contributed by atoms with Gasteiger partial charge in [-0.25, -0.2) is 17.1 Å². The van der Waals surface area contributed by atoms with Crippen molar-refractivity contribution in [2.45, 2.75) is 25.2 Å². The van der Waals surface area contributed by atoms with Crippen molar-refractivity contribution < 1.29 is 12.8 Å². The zero-order valence-corrected chi connectivity index (χ0v) is 14.5. The number of sulfonamides is 1. The second-order valence-corrected chi connectivity index (χ2v) is 8.27. The topological polar surface area (TPSA) is 50.3 Å². The first-order chi connectivity index (χ1) is 11.4. The molecule has 128 valence electrons. The van der Waals surface area contributed by atoms with E-state index in [4.69, 9.17) is 0 Å². The molecule has 24 heavy (non-hydrogen) atoms. The van der Waals surface area contributed by atoms with Crippen LogP contribution in [0.15, 0.2) is 42.6 Å². The van der Waals surface area contributed by atoms with Crippen molar-refractivity contribution in [1.29, 1.82) is 0 Å². The molecular weight excluding hydrogens is 327 g/mol. The quantitative estimate of drug-likeness (QED) is 0.854. The predicted molar refractivity (Wildman–Crippen MR) is 91.8 cm³/mol. The summed E-state index contributed by atoms with van der Waals surface area (Å²) in [5.74, 6) is 0.108. The van der Waals surface area contributed by atoms with E-state index in [1.807, 2.05) is 18.2 Å². The fourth-order valence-electron chi connectivity index (χ4n) is 3.21. The summed E-state index contributed by atoms with van der Waals surface area (Å²) in [7, 11) is -3.11. The highest BCUT2D eigenvalue weighted by Gasteiger charge is 2.25. The molecule has 4 nitrogen and oxygen atoms in total. The van der Waals surface area contributed by atoms with Gasteiger partial charge in [0.25, 0.3) is 0 Å². The maximum Gasteiger partial charge on any atom is 0.211 e. The van der Waals surface area contributed by atoms with Gasteiger partial charge in [-0.2, -0.15) is 0 Å². The Kier molecular flexibility index (Phi) is 4.96. The van der Waals surface area contributed by atoms with Gasteiger partial charge in [-0.1, -0.05) is 18.2 Å². The number of hydrogen-bond acceptors (Lipinski definition) is 3. The van der Waals surface area contributed by atoms with Crippen molar-refractivity contribution in [2.75, 3.05) is 19.3 Å². The molecule has 1 fully saturated rings. The molecule has 0 N–H and O–H groups in total. The lowest BCUT2D eigenvalue weighted by Crippen LogP contribution is -2.37. The van der Waals surface area contributed by atoms with Crippen LogP contribution >= 0.6 is 0 Å². The van der Waals surface area contributed by atoms with Crippen LogP contribution in [0, 0.1) is 5.82 Å². The van der Waals surface area contributed by atoms with Crippen molar-refractivity contribution in [3.63, 3.8) is 0 Å². The number of halogens is 1. The normalized spacial score (nSPS) is 17.1. The molecule has 2 heterocycles. The third-order valence-corrected chi connectivity index (χ3v) is 5.87. The van der Waals surface area contributed by atoms with E-state index in [-0.39, 0.29) is 5.82 Å². The second-order valence-electron chi connectivity index (χ2n) is 6.29. The average Bonchev–Trinajstić information content (AvgIpc) is 2.57. The number of nitrogens with zero attached hydrogens (tertiary/aromatic N) is 2. The van der Waals surface area contributed by atoms with Crippen LogP contribution in [0.3, 0.4) is 0 Å². The Morgan fingerprint density at radius 1 is 1.21 bits per heavy atom. The Morgan fingerprint density at radius 2 is 1.92 bits per heavy atom. The van der Waals surface area contributed by atoms with Crippen molar-refractivity contribution in [1.82, 2.24) is 9.29 Å². The van der Waals surface area contributed by atoms with Crippen LogP contribution in [0.2, 0.25) is 0 Å². The van der Waals surface area contributed by atoms with Crippen LogP contribution in [0.5, 0.6) is 0 Å². The Labute approximate surface area is 142 Å². The highest BCUT2D eigenvalue weighted by molar-refractivity contribution is 7.88. The minimum atomic E-state index is -3.11. The molecule has 0 bridgehead atoms. The molecule has 2 aromatic rings. The summed E-state index contributed by atoms with van der Waals surface area (Å²) in [6, 6.07) is 10.7. The van der Waals surface area contributed by atoms with E-state index >= 15 is 0 Å². The Balaban J connectivity index is 1.71. The van der Waals surface area contributed by atoms with Crippen LogP contribution in [-0.2, 0) is 16.4 Å². The third kappa shape index (κ3) is 3.99. The fraction of sp³-hybridized carbons (Fsp3) is 0.389. The Bertz CT molecular complexity index is 815. The molecule has 0 aliphatic carbocycles. The Hall–Kier alpha value is -1.79. The number of pyridine rings is 1. The molecule has 0 unspecified atom stereocenters. The Morgan fingerprint density at radius 3 is 2.58 bits per heavy atom. The van der Waals surface area contributed by atoms with E-state index in [0.717, 1.165) is 24.1 Å². The van der Waals surface area contributed by atoms with Crippen molar-refractivity contribution >= 4 is 10.0 Å². The summed E-state index contributed by atoms with van der Waals surface area (Å²) in [6.45, 7) is 1.10. The van der Waals surface area contributed by atoms with Crippen LogP contribution in [0.1, 0.15) is 35.6 Å². The zero-order chi connectivity index (χ0) is 17.2. The number of aromatic nitrogens is 1. The lowest BCUT2D eigenvalue weighted by molar-refractivity contribution is 0.321. The molecule has 0 spiro atoms. The predicted octanol–water partition coefficient (Wildman–Crippen LogP) is 2.95. The molecule has 0 saturated carbocycles. The lowest BCUT2D eigenvalue weighted by Gasteiger charge is -2.30. The molecule has 6 heteroatoms. The number of hydrogen-bond donors (Lipinski definition) is 0. The molecule has 1 aliphatic rings. The minimum Gasteiger partial charge on any atom is -0.261 e. The third-order valence-electron chi connectivity index (χ3n) is 4.56. The summed E-state index contributed by atoms with van der Waals surface area (Å²) in [5.41, 5.74) is 2.63. The first-order valence-corrected chi connectivity index (χ1v) is 9.91. The van der Waals surface area contributed by atoms with E-state index in [1.54, 1.807) is 18.3 Å². The van der Waals surface area contributed by atoms with Crippen LogP contribution < -0.4 is 0 Å². The standard InChI is InChI=1S/C18H21FN2O2S/c1-24(22,23)21-10-7-14(8-11-21)15-6-9-20-17(12-15)13-16-4-2-3-5-18(16)19/h2-6,9,12,14H,7-8,10-11,13H2,1H3. The van der Waals surface area contributed by atoms with E-state index in [1.165, 1.54) is 16.6 Å². The maximum absolute atomic E-state index is 13.8. The summed E-state index contributed by atoms with van der Waals surface area (Å²) >= 11 is 0. The second kappa shape index (κ2) is 6.99. The largest absolute Gasteiger partial charge is 0.261 e. The van der Waals surface area contributed by atoms with E-state index in [0.29, 0.717) is 31.0 Å². The SMILES string of the molecule is CS(=O)(=O)N1CCC(c2ccnc(Cc3ccccc3F)c2)CC1. The minimum absolute atomic E-state index is 0.217. The monoisotopic (exact) mass is 348 g/mol. The van der Waals surface area contributed by atoms with Gasteiger partial charge in [-0.15, -0.1) is 0 Å². The zero-order valence-electron chi connectivity index (χ0n) is 13.7. The van der Waals surface area contributed by atoms with Gasteiger partial charge in [0, 0.05) is 31.4 Å². The van der Waals surface area contributed by atoms with E-state index in [2.05, 4.69) is 4.98 Å². The van der Waals surface area contributed by atoms with Gasteiger partial charge in [0.1, 0.15) is 5.82 Å². The van der Waals surface area contributed by atoms with Gasteiger partial charge in [-0.05, 0) is 48.1 Å². The summed E-state index contributed by atoms with van der Waals surface area (Å²) in [4.78, 5) is 4.35. The number of piperidine rings is 1. The van der Waals surface area contributed by atoms with Gasteiger partial charge < -0.3 is 0 Å². The smallest absolute Gasteiger partial charge is 0.211 e. The molecule has 1 aromatic heterocycles. The van der Waals surface area contributed by atoms with Crippen molar-refractivity contribution in [2.24, 2.45) is 0 Å². The number of rotatable bonds is 4. The van der Waals surface area contributed by atoms with Gasteiger partial charge in [0.05, 0.1) is 6.26 Å². The maximum atomic E-state index is 13.8. The molecule has 0 amide bonds. The average molecular weight is 348 g/mol. The molecular formula is C18H21FN2O2S. The highest BCUT2D eigenvalue weighted by atomic mass is 32.2. The van der Waals surface area contributed by atoms with Gasteiger partial charge in [0.2, 0.25) is 10.0 Å². The fourth-order valence-corrected chi connectivity index (χ4v) is 4.08. The summed E-state index contributed by atoms with van der Waals surface area (Å²) in [6.07, 6.45) is 5.08.